The molecule has 4 aliphatic carbocycles. The summed E-state index contributed by atoms with van der Waals surface area (Å²) >= 11 is 0. The Kier molecular flexibility index (Phi) is 9.98. The fourth-order valence-corrected chi connectivity index (χ4v) is 7.93. The van der Waals surface area contributed by atoms with Gasteiger partial charge < -0.3 is 4.74 Å². The van der Waals surface area contributed by atoms with Gasteiger partial charge in [0, 0.05) is 24.2 Å². The van der Waals surface area contributed by atoms with Crippen LogP contribution >= 0.6 is 0 Å². The van der Waals surface area contributed by atoms with Crippen LogP contribution in [0.2, 0.25) is 0 Å². The zero-order valence-corrected chi connectivity index (χ0v) is 22.4. The Morgan fingerprint density at radius 2 is 1.06 bits per heavy atom. The van der Waals surface area contributed by atoms with Crippen LogP contribution in [-0.4, -0.2) is 35.1 Å². The van der Waals surface area contributed by atoms with Gasteiger partial charge in [-0.2, -0.15) is 0 Å². The molecular weight excluding hydrogens is 418 g/mol. The molecule has 0 saturated heterocycles. The molecule has 3 nitrogen and oxygen atoms in total. The van der Waals surface area contributed by atoms with Crippen LogP contribution in [0.5, 0.6) is 0 Å². The molecule has 0 amide bonds. The Hall–Kier alpha value is -0.830. The molecule has 3 heteroatoms. The van der Waals surface area contributed by atoms with Crippen LogP contribution in [0, 0.1) is 23.7 Å². The summed E-state index contributed by atoms with van der Waals surface area (Å²) in [5, 5.41) is 0. The molecule has 0 unspecified atom stereocenters. The standard InChI is InChI=1S/C31H53NO2/c1-4-31(33)34-30-21-13-26(14-22-30)10-9-25-11-19-29(20-12-25)32(27-15-5-23(2)6-16-27)28-17-7-24(3)8-18-28/h4,23-30H,1,5-22H2,2-3H3. The van der Waals surface area contributed by atoms with Gasteiger partial charge in [0.15, 0.2) is 0 Å². The van der Waals surface area contributed by atoms with Crippen molar-refractivity contribution in [1.29, 1.82) is 0 Å². The Morgan fingerprint density at radius 3 is 1.47 bits per heavy atom. The van der Waals surface area contributed by atoms with Crippen molar-refractivity contribution in [3.63, 3.8) is 0 Å². The van der Waals surface area contributed by atoms with Crippen molar-refractivity contribution in [2.75, 3.05) is 0 Å². The van der Waals surface area contributed by atoms with E-state index in [1.165, 1.54) is 109 Å². The largest absolute Gasteiger partial charge is 0.459 e. The smallest absolute Gasteiger partial charge is 0.330 e. The summed E-state index contributed by atoms with van der Waals surface area (Å²) < 4.78 is 5.47. The molecule has 4 fully saturated rings. The number of ether oxygens (including phenoxy) is 1. The van der Waals surface area contributed by atoms with E-state index in [9.17, 15) is 4.79 Å². The van der Waals surface area contributed by atoms with Gasteiger partial charge in [0.2, 0.25) is 0 Å². The minimum Gasteiger partial charge on any atom is -0.459 e. The first kappa shape index (κ1) is 26.2. The molecule has 4 saturated carbocycles. The van der Waals surface area contributed by atoms with Crippen molar-refractivity contribution >= 4 is 5.97 Å². The van der Waals surface area contributed by atoms with E-state index in [1.54, 1.807) is 0 Å². The average molecular weight is 472 g/mol. The number of esters is 1. The molecular formula is C31H53NO2. The monoisotopic (exact) mass is 471 g/mol. The Morgan fingerprint density at radius 1 is 0.676 bits per heavy atom. The van der Waals surface area contributed by atoms with Crippen molar-refractivity contribution in [3.05, 3.63) is 12.7 Å². The van der Waals surface area contributed by atoms with E-state index in [-0.39, 0.29) is 12.1 Å². The fraction of sp³-hybridized carbons (Fsp3) is 0.903. The van der Waals surface area contributed by atoms with E-state index in [4.69, 9.17) is 4.74 Å². The predicted molar refractivity (Wildman–Crippen MR) is 142 cm³/mol. The quantitative estimate of drug-likeness (QED) is 0.265. The third-order valence-corrected chi connectivity index (χ3v) is 10.3. The third-order valence-electron chi connectivity index (χ3n) is 10.3. The van der Waals surface area contributed by atoms with Crippen molar-refractivity contribution in [1.82, 2.24) is 4.90 Å². The summed E-state index contributed by atoms with van der Waals surface area (Å²) in [6.45, 7) is 8.45. The van der Waals surface area contributed by atoms with Crippen molar-refractivity contribution < 1.29 is 9.53 Å². The lowest BCUT2D eigenvalue weighted by atomic mass is 9.76. The van der Waals surface area contributed by atoms with Crippen LogP contribution in [-0.2, 0) is 9.53 Å². The Labute approximate surface area is 210 Å². The maximum atomic E-state index is 11.5. The number of hydrogen-bond acceptors (Lipinski definition) is 3. The predicted octanol–water partition coefficient (Wildman–Crippen LogP) is 8.07. The van der Waals surface area contributed by atoms with E-state index < -0.39 is 0 Å². The first-order chi connectivity index (χ1) is 16.5. The van der Waals surface area contributed by atoms with E-state index in [0.717, 1.165) is 54.6 Å². The first-order valence-corrected chi connectivity index (χ1v) is 15.1. The van der Waals surface area contributed by atoms with Crippen molar-refractivity contribution in [2.45, 2.75) is 154 Å². The number of hydrogen-bond donors (Lipinski definition) is 0. The lowest BCUT2D eigenvalue weighted by molar-refractivity contribution is -0.144. The summed E-state index contributed by atoms with van der Waals surface area (Å²) in [7, 11) is 0. The molecule has 0 spiro atoms. The molecule has 0 heterocycles. The number of rotatable bonds is 8. The zero-order chi connectivity index (χ0) is 23.9. The summed E-state index contributed by atoms with van der Waals surface area (Å²) in [6, 6.07) is 2.62. The summed E-state index contributed by atoms with van der Waals surface area (Å²) in [5.41, 5.74) is 0. The van der Waals surface area contributed by atoms with Gasteiger partial charge in [0.05, 0.1) is 0 Å². The van der Waals surface area contributed by atoms with Crippen LogP contribution in [0.15, 0.2) is 12.7 Å². The topological polar surface area (TPSA) is 29.5 Å². The SMILES string of the molecule is C=CC(=O)OC1CCC(CCC2CCC(N(C3CCC(C)CC3)C3CCC(C)CC3)CC2)CC1. The van der Waals surface area contributed by atoms with Gasteiger partial charge in [-0.3, -0.25) is 4.90 Å². The van der Waals surface area contributed by atoms with E-state index in [0.29, 0.717) is 0 Å². The van der Waals surface area contributed by atoms with Crippen molar-refractivity contribution in [3.8, 4) is 0 Å². The normalized spacial score (nSPS) is 39.5. The minimum atomic E-state index is -0.250. The number of carbonyl (C=O) groups is 1. The van der Waals surface area contributed by atoms with Gasteiger partial charge in [-0.1, -0.05) is 33.3 Å². The lowest BCUT2D eigenvalue weighted by Gasteiger charge is -2.49. The van der Waals surface area contributed by atoms with Crippen LogP contribution in [0.4, 0.5) is 0 Å². The van der Waals surface area contributed by atoms with Gasteiger partial charge in [-0.05, 0) is 126 Å². The second-order valence-electron chi connectivity index (χ2n) is 12.8. The van der Waals surface area contributed by atoms with Gasteiger partial charge in [0.1, 0.15) is 6.10 Å². The molecule has 0 aromatic rings. The highest BCUT2D eigenvalue weighted by Crippen LogP contribution is 2.40. The van der Waals surface area contributed by atoms with Gasteiger partial charge in [-0.25, -0.2) is 4.79 Å². The molecule has 0 aromatic carbocycles. The molecule has 4 rings (SSSR count). The molecule has 194 valence electrons. The van der Waals surface area contributed by atoms with Crippen LogP contribution < -0.4 is 0 Å². The van der Waals surface area contributed by atoms with Crippen LogP contribution in [0.25, 0.3) is 0 Å². The third kappa shape index (κ3) is 7.34. The second-order valence-corrected chi connectivity index (χ2v) is 12.8. The summed E-state index contributed by atoms with van der Waals surface area (Å²) in [5.74, 6) is 3.45. The molecule has 0 radical (unpaired) electrons. The average Bonchev–Trinajstić information content (AvgIpc) is 2.87. The summed E-state index contributed by atoms with van der Waals surface area (Å²) in [4.78, 5) is 14.6. The van der Waals surface area contributed by atoms with Crippen LogP contribution in [0.1, 0.15) is 129 Å². The highest BCUT2D eigenvalue weighted by Gasteiger charge is 2.37. The number of nitrogens with zero attached hydrogens (tertiary/aromatic N) is 1. The molecule has 4 aliphatic rings. The Bertz CT molecular complexity index is 593. The second kappa shape index (κ2) is 12.9. The molecule has 0 N–H and O–H groups in total. The zero-order valence-electron chi connectivity index (χ0n) is 22.4. The maximum absolute atomic E-state index is 11.5. The number of carbonyl (C=O) groups excluding carboxylic acids is 1. The minimum absolute atomic E-state index is 0.133. The molecule has 34 heavy (non-hydrogen) atoms. The van der Waals surface area contributed by atoms with Crippen LogP contribution in [0.3, 0.4) is 0 Å². The molecule has 0 atom stereocenters. The lowest BCUT2D eigenvalue weighted by Crippen LogP contribution is -2.52. The van der Waals surface area contributed by atoms with Crippen molar-refractivity contribution in [2.24, 2.45) is 23.7 Å². The highest BCUT2D eigenvalue weighted by atomic mass is 16.5. The molecule has 0 bridgehead atoms. The van der Waals surface area contributed by atoms with E-state index >= 15 is 0 Å². The van der Waals surface area contributed by atoms with Gasteiger partial charge in [-0.15, -0.1) is 0 Å². The summed E-state index contributed by atoms with van der Waals surface area (Å²) in [6.07, 6.45) is 26.3. The molecule has 0 aromatic heterocycles. The maximum Gasteiger partial charge on any atom is 0.330 e. The van der Waals surface area contributed by atoms with E-state index in [2.05, 4.69) is 25.3 Å². The van der Waals surface area contributed by atoms with Gasteiger partial charge in [0.25, 0.3) is 0 Å². The fourth-order valence-electron chi connectivity index (χ4n) is 7.93. The Balaban J connectivity index is 1.22. The molecule has 0 aliphatic heterocycles. The highest BCUT2D eigenvalue weighted by molar-refractivity contribution is 5.81. The van der Waals surface area contributed by atoms with E-state index in [1.807, 2.05) is 0 Å². The van der Waals surface area contributed by atoms with Gasteiger partial charge >= 0.3 is 5.97 Å². The first-order valence-electron chi connectivity index (χ1n) is 15.1.